The van der Waals surface area contributed by atoms with E-state index in [4.69, 9.17) is 0 Å². The average Bonchev–Trinajstić information content (AvgIpc) is 2.85. The van der Waals surface area contributed by atoms with Crippen molar-refractivity contribution in [3.63, 3.8) is 0 Å². The van der Waals surface area contributed by atoms with E-state index in [2.05, 4.69) is 20.4 Å². The summed E-state index contributed by atoms with van der Waals surface area (Å²) in [6.07, 6.45) is 2.12. The maximum atomic E-state index is 12.4. The molecule has 1 N–H and O–H groups in total. The largest absolute Gasteiger partial charge is 0.372 e. The first-order valence-corrected chi connectivity index (χ1v) is 6.59. The molecule has 1 aliphatic rings. The van der Waals surface area contributed by atoms with Gasteiger partial charge in [-0.2, -0.15) is 0 Å². The zero-order valence-corrected chi connectivity index (χ0v) is 11.8. The molecule has 6 heteroatoms. The summed E-state index contributed by atoms with van der Waals surface area (Å²) in [6.45, 7) is 1.71. The van der Waals surface area contributed by atoms with E-state index in [9.17, 15) is 4.79 Å². The molecule has 0 saturated carbocycles. The number of carbonyl (C=O) groups excluding carboxylic acids is 1. The highest BCUT2D eigenvalue weighted by Gasteiger charge is 2.30. The molecule has 0 aromatic carbocycles. The van der Waals surface area contributed by atoms with Crippen molar-refractivity contribution in [2.24, 2.45) is 0 Å². The fourth-order valence-electron chi connectivity index (χ4n) is 2.44. The zero-order valence-electron chi connectivity index (χ0n) is 11.8. The van der Waals surface area contributed by atoms with Crippen LogP contribution in [0.15, 0.2) is 12.1 Å². The summed E-state index contributed by atoms with van der Waals surface area (Å²) in [6, 6.07) is 3.79. The van der Waals surface area contributed by atoms with Crippen molar-refractivity contribution in [1.82, 2.24) is 20.0 Å². The Morgan fingerprint density at radius 2 is 2.26 bits per heavy atom. The summed E-state index contributed by atoms with van der Waals surface area (Å²) >= 11 is 0. The van der Waals surface area contributed by atoms with Gasteiger partial charge in [0.15, 0.2) is 5.69 Å². The second-order valence-corrected chi connectivity index (χ2v) is 5.11. The van der Waals surface area contributed by atoms with Gasteiger partial charge in [0.1, 0.15) is 5.82 Å². The molecular weight excluding hydrogens is 242 g/mol. The van der Waals surface area contributed by atoms with Crippen LogP contribution in [0.4, 0.5) is 5.82 Å². The molecule has 2 rings (SSSR count). The van der Waals surface area contributed by atoms with Crippen LogP contribution in [0, 0.1) is 0 Å². The molecule has 0 radical (unpaired) electrons. The van der Waals surface area contributed by atoms with E-state index < -0.39 is 0 Å². The first-order valence-electron chi connectivity index (χ1n) is 6.59. The quantitative estimate of drug-likeness (QED) is 0.866. The Morgan fingerprint density at radius 1 is 1.47 bits per heavy atom. The van der Waals surface area contributed by atoms with E-state index in [0.29, 0.717) is 11.5 Å². The normalized spacial score (nSPS) is 18.9. The third-order valence-corrected chi connectivity index (χ3v) is 3.35. The zero-order chi connectivity index (χ0) is 13.8. The Morgan fingerprint density at radius 3 is 2.84 bits per heavy atom. The smallest absolute Gasteiger partial charge is 0.274 e. The Balaban J connectivity index is 2.09. The average molecular weight is 263 g/mol. The fourth-order valence-corrected chi connectivity index (χ4v) is 2.44. The minimum Gasteiger partial charge on any atom is -0.372 e. The monoisotopic (exact) mass is 263 g/mol. The van der Waals surface area contributed by atoms with Crippen molar-refractivity contribution in [1.29, 1.82) is 0 Å². The molecule has 1 saturated heterocycles. The maximum absolute atomic E-state index is 12.4. The molecule has 104 valence electrons. The number of rotatable bonds is 4. The van der Waals surface area contributed by atoms with Crippen LogP contribution in [0.2, 0.25) is 0 Å². The van der Waals surface area contributed by atoms with E-state index in [1.165, 1.54) is 0 Å². The summed E-state index contributed by atoms with van der Waals surface area (Å²) in [5.74, 6) is 0.655. The molecule has 1 atom stereocenters. The van der Waals surface area contributed by atoms with Gasteiger partial charge in [0, 0.05) is 26.2 Å². The lowest BCUT2D eigenvalue weighted by Gasteiger charge is -2.26. The van der Waals surface area contributed by atoms with Crippen molar-refractivity contribution in [3.05, 3.63) is 17.8 Å². The molecule has 0 aliphatic carbocycles. The lowest BCUT2D eigenvalue weighted by Crippen LogP contribution is -2.41. The summed E-state index contributed by atoms with van der Waals surface area (Å²) in [5.41, 5.74) is 0.421. The third-order valence-electron chi connectivity index (χ3n) is 3.35. The standard InChI is InChI=1S/C13H21N5O/c1-14-12-7-6-11(15-16-12)13(19)18-8-4-5-10(18)9-17(2)3/h6-7,10H,4-5,8-9H2,1-3H3,(H,14,16). The summed E-state index contributed by atoms with van der Waals surface area (Å²) in [7, 11) is 5.84. The van der Waals surface area contributed by atoms with E-state index in [0.717, 1.165) is 25.9 Å². The highest BCUT2D eigenvalue weighted by molar-refractivity contribution is 5.92. The van der Waals surface area contributed by atoms with Crippen molar-refractivity contribution in [2.75, 3.05) is 39.5 Å². The molecule has 1 aromatic rings. The number of likely N-dealkylation sites (N-methyl/N-ethyl adjacent to an activating group) is 1. The molecule has 6 nitrogen and oxygen atoms in total. The van der Waals surface area contributed by atoms with Gasteiger partial charge >= 0.3 is 0 Å². The molecule has 19 heavy (non-hydrogen) atoms. The Bertz CT molecular complexity index is 431. The minimum atomic E-state index is -0.0143. The number of amides is 1. The predicted molar refractivity (Wildman–Crippen MR) is 74.2 cm³/mol. The van der Waals surface area contributed by atoms with Crippen LogP contribution >= 0.6 is 0 Å². The number of carbonyl (C=O) groups is 1. The van der Waals surface area contributed by atoms with Gasteiger partial charge < -0.3 is 15.1 Å². The molecule has 2 heterocycles. The van der Waals surface area contributed by atoms with Gasteiger partial charge in [0.05, 0.1) is 0 Å². The van der Waals surface area contributed by atoms with Gasteiger partial charge in [-0.15, -0.1) is 10.2 Å². The van der Waals surface area contributed by atoms with Gasteiger partial charge in [-0.05, 0) is 39.1 Å². The van der Waals surface area contributed by atoms with Gasteiger partial charge in [-0.3, -0.25) is 4.79 Å². The molecule has 1 unspecified atom stereocenters. The van der Waals surface area contributed by atoms with Crippen molar-refractivity contribution >= 4 is 11.7 Å². The SMILES string of the molecule is CNc1ccc(C(=O)N2CCCC2CN(C)C)nn1. The second-order valence-electron chi connectivity index (χ2n) is 5.11. The second kappa shape index (κ2) is 5.97. The summed E-state index contributed by atoms with van der Waals surface area (Å²) in [5, 5.41) is 10.8. The molecule has 1 aliphatic heterocycles. The van der Waals surface area contributed by atoms with Crippen molar-refractivity contribution in [2.45, 2.75) is 18.9 Å². The highest BCUT2D eigenvalue weighted by Crippen LogP contribution is 2.20. The topological polar surface area (TPSA) is 61.4 Å². The molecule has 1 fully saturated rings. The van der Waals surface area contributed by atoms with Crippen molar-refractivity contribution < 1.29 is 4.79 Å². The minimum absolute atomic E-state index is 0.0143. The number of hydrogen-bond donors (Lipinski definition) is 1. The highest BCUT2D eigenvalue weighted by atomic mass is 16.2. The van der Waals surface area contributed by atoms with Gasteiger partial charge in [-0.25, -0.2) is 0 Å². The van der Waals surface area contributed by atoms with Crippen molar-refractivity contribution in [3.8, 4) is 0 Å². The maximum Gasteiger partial charge on any atom is 0.274 e. The number of likely N-dealkylation sites (tertiary alicyclic amines) is 1. The first kappa shape index (κ1) is 13.7. The molecule has 1 aromatic heterocycles. The number of anilines is 1. The van der Waals surface area contributed by atoms with Crippen LogP contribution < -0.4 is 5.32 Å². The fraction of sp³-hybridized carbons (Fsp3) is 0.615. The van der Waals surface area contributed by atoms with Crippen LogP contribution in [-0.2, 0) is 0 Å². The van der Waals surface area contributed by atoms with E-state index in [1.807, 2.05) is 19.0 Å². The lowest BCUT2D eigenvalue weighted by atomic mass is 10.2. The predicted octanol–water partition coefficient (Wildman–Crippen LogP) is 0.684. The lowest BCUT2D eigenvalue weighted by molar-refractivity contribution is 0.0709. The van der Waals surface area contributed by atoms with Crippen LogP contribution in [0.25, 0.3) is 0 Å². The number of nitrogens with one attached hydrogen (secondary N) is 1. The third kappa shape index (κ3) is 3.20. The molecular formula is C13H21N5O. The van der Waals surface area contributed by atoms with Gasteiger partial charge in [0.25, 0.3) is 5.91 Å². The Hall–Kier alpha value is -1.69. The molecule has 1 amide bonds. The van der Waals surface area contributed by atoms with Gasteiger partial charge in [0.2, 0.25) is 0 Å². The van der Waals surface area contributed by atoms with Crippen LogP contribution in [0.5, 0.6) is 0 Å². The number of hydrogen-bond acceptors (Lipinski definition) is 5. The number of nitrogens with zero attached hydrogens (tertiary/aromatic N) is 4. The van der Waals surface area contributed by atoms with Gasteiger partial charge in [-0.1, -0.05) is 0 Å². The van der Waals surface area contributed by atoms with E-state index >= 15 is 0 Å². The summed E-state index contributed by atoms with van der Waals surface area (Å²) in [4.78, 5) is 16.5. The van der Waals surface area contributed by atoms with E-state index in [-0.39, 0.29) is 11.9 Å². The van der Waals surface area contributed by atoms with Crippen LogP contribution in [0.1, 0.15) is 23.3 Å². The molecule has 0 spiro atoms. The van der Waals surface area contributed by atoms with Crippen LogP contribution in [-0.4, -0.2) is 66.2 Å². The summed E-state index contributed by atoms with van der Waals surface area (Å²) < 4.78 is 0. The Labute approximate surface area is 113 Å². The number of aromatic nitrogens is 2. The Kier molecular flexibility index (Phi) is 4.31. The first-order chi connectivity index (χ1) is 9.11. The van der Waals surface area contributed by atoms with E-state index in [1.54, 1.807) is 19.2 Å². The molecule has 0 bridgehead atoms. The van der Waals surface area contributed by atoms with Crippen LogP contribution in [0.3, 0.4) is 0 Å².